The number of hydrogen-bond acceptors (Lipinski definition) is 4. The van der Waals surface area contributed by atoms with Gasteiger partial charge in [-0.15, -0.1) is 0 Å². The molecule has 0 amide bonds. The molecule has 2 rings (SSSR count). The molecule has 5 heteroatoms. The second-order valence-electron chi connectivity index (χ2n) is 3.69. The molecule has 0 aliphatic rings. The maximum absolute atomic E-state index is 4.72. The van der Waals surface area contributed by atoms with Crippen molar-refractivity contribution in [2.24, 2.45) is 0 Å². The third-order valence-electron chi connectivity index (χ3n) is 2.54. The highest BCUT2D eigenvalue weighted by Gasteiger charge is 2.10. The zero-order valence-electron chi connectivity index (χ0n) is 9.55. The molecule has 0 saturated carbocycles. The molecule has 5 nitrogen and oxygen atoms in total. The normalized spacial score (nSPS) is 12.9. The van der Waals surface area contributed by atoms with Crippen LogP contribution in [0.3, 0.4) is 0 Å². The van der Waals surface area contributed by atoms with Gasteiger partial charge in [-0.25, -0.2) is 0 Å². The van der Waals surface area contributed by atoms with Crippen molar-refractivity contribution in [1.29, 1.82) is 0 Å². The van der Waals surface area contributed by atoms with Crippen LogP contribution in [-0.2, 0) is 6.54 Å². The van der Waals surface area contributed by atoms with Gasteiger partial charge in [0.15, 0.2) is 5.82 Å². The summed E-state index contributed by atoms with van der Waals surface area (Å²) in [6, 6.07) is 4.46. The van der Waals surface area contributed by atoms with Gasteiger partial charge in [-0.3, -0.25) is 0 Å². The molecule has 0 aliphatic carbocycles. The molecule has 0 fully saturated rings. The number of rotatable bonds is 5. The van der Waals surface area contributed by atoms with Gasteiger partial charge in [-0.2, -0.15) is 4.98 Å². The van der Waals surface area contributed by atoms with E-state index in [1.165, 1.54) is 12.1 Å². The molecule has 16 heavy (non-hydrogen) atoms. The van der Waals surface area contributed by atoms with Crippen LogP contribution < -0.4 is 5.32 Å². The monoisotopic (exact) mass is 220 g/mol. The van der Waals surface area contributed by atoms with Gasteiger partial charge in [0.05, 0.1) is 6.54 Å². The van der Waals surface area contributed by atoms with Gasteiger partial charge in [0.2, 0.25) is 6.39 Å². The zero-order valence-corrected chi connectivity index (χ0v) is 9.55. The molecular weight excluding hydrogens is 204 g/mol. The molecule has 0 radical (unpaired) electrons. The van der Waals surface area contributed by atoms with Crippen LogP contribution in [0.5, 0.6) is 0 Å². The summed E-state index contributed by atoms with van der Waals surface area (Å²) in [5.41, 5.74) is 1.23. The van der Waals surface area contributed by atoms with Crippen LogP contribution in [0.1, 0.15) is 31.4 Å². The Hall–Kier alpha value is -1.62. The summed E-state index contributed by atoms with van der Waals surface area (Å²) in [4.78, 5) is 4.02. The van der Waals surface area contributed by atoms with Crippen LogP contribution in [0, 0.1) is 0 Å². The molecule has 86 valence electrons. The Morgan fingerprint density at radius 1 is 1.56 bits per heavy atom. The minimum atomic E-state index is 0.326. The van der Waals surface area contributed by atoms with Gasteiger partial charge in [-0.05, 0) is 25.6 Å². The second kappa shape index (κ2) is 4.94. The first-order valence-electron chi connectivity index (χ1n) is 5.45. The van der Waals surface area contributed by atoms with Crippen LogP contribution in [0.2, 0.25) is 0 Å². The maximum Gasteiger partial charge on any atom is 0.213 e. The van der Waals surface area contributed by atoms with Crippen LogP contribution >= 0.6 is 0 Å². The largest absolute Gasteiger partial charge is 0.343 e. The van der Waals surface area contributed by atoms with E-state index in [1.54, 1.807) is 0 Å². The van der Waals surface area contributed by atoms with Crippen molar-refractivity contribution in [2.45, 2.75) is 26.4 Å². The highest BCUT2D eigenvalue weighted by Crippen LogP contribution is 2.14. The molecule has 0 aromatic carbocycles. The van der Waals surface area contributed by atoms with Crippen molar-refractivity contribution < 1.29 is 4.52 Å². The third kappa shape index (κ3) is 2.30. The predicted molar refractivity (Wildman–Crippen MR) is 59.9 cm³/mol. The lowest BCUT2D eigenvalue weighted by atomic mass is 10.2. The van der Waals surface area contributed by atoms with Gasteiger partial charge in [0.1, 0.15) is 0 Å². The maximum atomic E-state index is 4.72. The Kier molecular flexibility index (Phi) is 3.36. The first kappa shape index (κ1) is 10.9. The number of aromatic nitrogens is 3. The summed E-state index contributed by atoms with van der Waals surface area (Å²) in [5, 5.41) is 7.19. The summed E-state index contributed by atoms with van der Waals surface area (Å²) < 4.78 is 6.84. The summed E-state index contributed by atoms with van der Waals surface area (Å²) in [5.74, 6) is 0.696. The highest BCUT2D eigenvalue weighted by atomic mass is 16.5. The van der Waals surface area contributed by atoms with Gasteiger partial charge in [0.25, 0.3) is 0 Å². The van der Waals surface area contributed by atoms with E-state index < -0.39 is 0 Å². The average Bonchev–Trinajstić information content (AvgIpc) is 2.90. The van der Waals surface area contributed by atoms with E-state index in [4.69, 9.17) is 4.52 Å². The third-order valence-corrected chi connectivity index (χ3v) is 2.54. The van der Waals surface area contributed by atoms with E-state index in [0.29, 0.717) is 18.4 Å². The summed E-state index contributed by atoms with van der Waals surface area (Å²) >= 11 is 0. The van der Waals surface area contributed by atoms with Crippen molar-refractivity contribution in [1.82, 2.24) is 20.0 Å². The lowest BCUT2D eigenvalue weighted by Gasteiger charge is -2.15. The predicted octanol–water partition coefficient (Wildman–Crippen LogP) is 1.59. The lowest BCUT2D eigenvalue weighted by Crippen LogP contribution is -2.21. The van der Waals surface area contributed by atoms with Crippen molar-refractivity contribution in [3.8, 4) is 0 Å². The first-order chi connectivity index (χ1) is 7.81. The van der Waals surface area contributed by atoms with E-state index in [2.05, 4.69) is 39.9 Å². The minimum absolute atomic E-state index is 0.326. The Balaban J connectivity index is 2.13. The van der Waals surface area contributed by atoms with Gasteiger partial charge in [-0.1, -0.05) is 12.1 Å². The molecule has 2 aromatic rings. The molecular formula is C11H16N4O. The van der Waals surface area contributed by atoms with E-state index in [9.17, 15) is 0 Å². The van der Waals surface area contributed by atoms with E-state index in [1.807, 2.05) is 12.3 Å². The van der Waals surface area contributed by atoms with Crippen molar-refractivity contribution in [2.75, 3.05) is 6.54 Å². The first-order valence-corrected chi connectivity index (χ1v) is 5.45. The molecule has 0 bridgehead atoms. The lowest BCUT2D eigenvalue weighted by molar-refractivity contribution is 0.407. The fourth-order valence-electron chi connectivity index (χ4n) is 1.79. The summed E-state index contributed by atoms with van der Waals surface area (Å²) in [7, 11) is 0. The SMILES string of the molecule is CCNC(C)c1cccn1Cc1ncon1. The molecule has 0 aliphatic heterocycles. The van der Waals surface area contributed by atoms with Crippen LogP contribution in [-0.4, -0.2) is 21.3 Å². The molecule has 2 heterocycles. The Labute approximate surface area is 94.5 Å². The average molecular weight is 220 g/mol. The Bertz CT molecular complexity index is 421. The highest BCUT2D eigenvalue weighted by molar-refractivity contribution is 5.12. The van der Waals surface area contributed by atoms with Crippen LogP contribution in [0.25, 0.3) is 0 Å². The fourth-order valence-corrected chi connectivity index (χ4v) is 1.79. The minimum Gasteiger partial charge on any atom is -0.343 e. The molecule has 1 unspecified atom stereocenters. The number of hydrogen-bond donors (Lipinski definition) is 1. The van der Waals surface area contributed by atoms with E-state index in [-0.39, 0.29) is 0 Å². The number of nitrogens with zero attached hydrogens (tertiary/aromatic N) is 3. The standard InChI is InChI=1S/C11H16N4O/c1-3-12-9(2)10-5-4-6-15(10)7-11-13-8-16-14-11/h4-6,8-9,12H,3,7H2,1-2H3. The molecule has 1 N–H and O–H groups in total. The Morgan fingerprint density at radius 2 is 2.44 bits per heavy atom. The van der Waals surface area contributed by atoms with Gasteiger partial charge in [0, 0.05) is 17.9 Å². The molecule has 0 saturated heterocycles. The fraction of sp³-hybridized carbons (Fsp3) is 0.455. The summed E-state index contributed by atoms with van der Waals surface area (Å²) in [6.45, 7) is 5.84. The summed E-state index contributed by atoms with van der Waals surface area (Å²) in [6.07, 6.45) is 3.38. The quantitative estimate of drug-likeness (QED) is 0.831. The molecule has 0 spiro atoms. The second-order valence-corrected chi connectivity index (χ2v) is 3.69. The topological polar surface area (TPSA) is 55.9 Å². The van der Waals surface area contributed by atoms with E-state index >= 15 is 0 Å². The van der Waals surface area contributed by atoms with Crippen LogP contribution in [0.15, 0.2) is 29.2 Å². The zero-order chi connectivity index (χ0) is 11.4. The van der Waals surface area contributed by atoms with Crippen molar-refractivity contribution in [3.05, 3.63) is 36.2 Å². The smallest absolute Gasteiger partial charge is 0.213 e. The van der Waals surface area contributed by atoms with Gasteiger partial charge < -0.3 is 14.4 Å². The number of nitrogens with one attached hydrogen (secondary N) is 1. The van der Waals surface area contributed by atoms with Crippen molar-refractivity contribution in [3.63, 3.8) is 0 Å². The van der Waals surface area contributed by atoms with Crippen LogP contribution in [0.4, 0.5) is 0 Å². The van der Waals surface area contributed by atoms with E-state index in [0.717, 1.165) is 6.54 Å². The van der Waals surface area contributed by atoms with Crippen molar-refractivity contribution >= 4 is 0 Å². The Morgan fingerprint density at radius 3 is 3.12 bits per heavy atom. The van der Waals surface area contributed by atoms with Gasteiger partial charge >= 0.3 is 0 Å². The molecule has 1 atom stereocenters. The molecule has 2 aromatic heterocycles.